The van der Waals surface area contributed by atoms with Crippen LogP contribution < -0.4 is 5.32 Å². The van der Waals surface area contributed by atoms with Crippen LogP contribution in [0.4, 0.5) is 13.2 Å². The minimum atomic E-state index is -0.643. The van der Waals surface area contributed by atoms with Crippen LogP contribution in [0.25, 0.3) is 11.1 Å². The van der Waals surface area contributed by atoms with Crippen molar-refractivity contribution in [3.63, 3.8) is 0 Å². The van der Waals surface area contributed by atoms with Crippen LogP contribution in [0.2, 0.25) is 0 Å². The number of nitrogens with one attached hydrogen (secondary N) is 1. The van der Waals surface area contributed by atoms with E-state index in [0.717, 1.165) is 0 Å². The van der Waals surface area contributed by atoms with E-state index in [4.69, 9.17) is 0 Å². The van der Waals surface area contributed by atoms with E-state index in [-0.39, 0.29) is 11.6 Å². The average Bonchev–Trinajstić information content (AvgIpc) is 2.43. The van der Waals surface area contributed by atoms with Gasteiger partial charge in [-0.15, -0.1) is 0 Å². The molecule has 0 fully saturated rings. The molecule has 0 aliphatic heterocycles. The Morgan fingerprint density at radius 2 is 1.76 bits per heavy atom. The predicted molar refractivity (Wildman–Crippen MR) is 78.5 cm³/mol. The first-order chi connectivity index (χ1) is 9.90. The quantitative estimate of drug-likeness (QED) is 0.870. The zero-order valence-corrected chi connectivity index (χ0v) is 12.3. The lowest BCUT2D eigenvalue weighted by molar-refractivity contribution is 0.574. The lowest BCUT2D eigenvalue weighted by Crippen LogP contribution is -2.22. The van der Waals surface area contributed by atoms with Gasteiger partial charge in [0, 0.05) is 12.6 Å². The number of rotatable bonds is 4. The molecule has 0 radical (unpaired) electrons. The van der Waals surface area contributed by atoms with Gasteiger partial charge in [-0.3, -0.25) is 0 Å². The van der Waals surface area contributed by atoms with Gasteiger partial charge < -0.3 is 5.32 Å². The Morgan fingerprint density at radius 3 is 2.43 bits per heavy atom. The maximum atomic E-state index is 14.3. The number of hydrogen-bond donors (Lipinski definition) is 1. The summed E-state index contributed by atoms with van der Waals surface area (Å²) in [5, 5.41) is 3.14. The summed E-state index contributed by atoms with van der Waals surface area (Å²) in [4.78, 5) is 0. The Balaban J connectivity index is 2.56. The van der Waals surface area contributed by atoms with Gasteiger partial charge in [-0.05, 0) is 41.8 Å². The zero-order valence-electron chi connectivity index (χ0n) is 12.3. The van der Waals surface area contributed by atoms with Crippen molar-refractivity contribution in [2.24, 2.45) is 0 Å². The molecule has 0 aliphatic carbocycles. The zero-order chi connectivity index (χ0) is 15.6. The van der Waals surface area contributed by atoms with Crippen molar-refractivity contribution >= 4 is 0 Å². The van der Waals surface area contributed by atoms with E-state index in [2.05, 4.69) is 5.32 Å². The van der Waals surface area contributed by atoms with Crippen molar-refractivity contribution < 1.29 is 13.2 Å². The Morgan fingerprint density at radius 1 is 1.05 bits per heavy atom. The highest BCUT2D eigenvalue weighted by Gasteiger charge is 2.17. The number of halogens is 3. The summed E-state index contributed by atoms with van der Waals surface area (Å²) in [6.45, 7) is 5.82. The molecule has 0 saturated carbocycles. The van der Waals surface area contributed by atoms with Crippen LogP contribution in [0.1, 0.15) is 25.0 Å². The van der Waals surface area contributed by atoms with Gasteiger partial charge in [-0.25, -0.2) is 13.2 Å². The molecule has 2 aromatic rings. The normalized spacial score (nSPS) is 11.2. The van der Waals surface area contributed by atoms with E-state index in [1.165, 1.54) is 30.3 Å². The van der Waals surface area contributed by atoms with Gasteiger partial charge in [0.05, 0.1) is 5.56 Å². The number of aryl methyl sites for hydroxylation is 1. The van der Waals surface area contributed by atoms with Crippen molar-refractivity contribution in [1.82, 2.24) is 5.32 Å². The molecule has 21 heavy (non-hydrogen) atoms. The topological polar surface area (TPSA) is 12.0 Å². The molecule has 1 nitrogen and oxygen atoms in total. The highest BCUT2D eigenvalue weighted by Crippen LogP contribution is 2.31. The minimum absolute atomic E-state index is 0.101. The van der Waals surface area contributed by atoms with Crippen LogP contribution in [-0.2, 0) is 6.54 Å². The molecule has 112 valence electrons. The van der Waals surface area contributed by atoms with Gasteiger partial charge in [0.1, 0.15) is 17.5 Å². The maximum Gasteiger partial charge on any atom is 0.136 e. The number of hydrogen-bond acceptors (Lipinski definition) is 1. The molecule has 0 aliphatic rings. The Bertz CT molecular complexity index is 651. The van der Waals surface area contributed by atoms with E-state index >= 15 is 0 Å². The lowest BCUT2D eigenvalue weighted by atomic mass is 9.96. The van der Waals surface area contributed by atoms with Crippen LogP contribution in [0.5, 0.6) is 0 Å². The first-order valence-electron chi connectivity index (χ1n) is 6.87. The third-order valence-corrected chi connectivity index (χ3v) is 3.32. The molecule has 0 aromatic heterocycles. The summed E-state index contributed by atoms with van der Waals surface area (Å²) < 4.78 is 41.8. The fraction of sp³-hybridized carbons (Fsp3) is 0.294. The molecule has 1 N–H and O–H groups in total. The Labute approximate surface area is 122 Å². The minimum Gasteiger partial charge on any atom is -0.310 e. The molecular weight excluding hydrogens is 275 g/mol. The predicted octanol–water partition coefficient (Wildman–Crippen LogP) is 4.58. The van der Waals surface area contributed by atoms with Crippen LogP contribution in [0, 0.1) is 24.4 Å². The van der Waals surface area contributed by atoms with Gasteiger partial charge in [-0.2, -0.15) is 0 Å². The third kappa shape index (κ3) is 3.45. The lowest BCUT2D eigenvalue weighted by Gasteiger charge is -2.15. The molecule has 0 bridgehead atoms. The number of benzene rings is 2. The second-order valence-electron chi connectivity index (χ2n) is 5.39. The van der Waals surface area contributed by atoms with E-state index in [1.54, 1.807) is 6.92 Å². The van der Waals surface area contributed by atoms with Crippen LogP contribution in [0.3, 0.4) is 0 Å². The Kier molecular flexibility index (Phi) is 4.68. The molecular formula is C17H18F3N. The highest BCUT2D eigenvalue weighted by atomic mass is 19.1. The van der Waals surface area contributed by atoms with Crippen LogP contribution >= 0.6 is 0 Å². The largest absolute Gasteiger partial charge is 0.310 e. The summed E-state index contributed by atoms with van der Waals surface area (Å²) in [7, 11) is 0. The summed E-state index contributed by atoms with van der Waals surface area (Å²) >= 11 is 0. The van der Waals surface area contributed by atoms with Crippen molar-refractivity contribution in [2.45, 2.75) is 33.4 Å². The van der Waals surface area contributed by atoms with Gasteiger partial charge in [0.25, 0.3) is 0 Å². The van der Waals surface area contributed by atoms with Gasteiger partial charge >= 0.3 is 0 Å². The summed E-state index contributed by atoms with van der Waals surface area (Å²) in [6, 6.07) is 6.77. The van der Waals surface area contributed by atoms with E-state index in [9.17, 15) is 13.2 Å². The maximum absolute atomic E-state index is 14.3. The van der Waals surface area contributed by atoms with Gasteiger partial charge in [0.2, 0.25) is 0 Å². The first-order valence-corrected chi connectivity index (χ1v) is 6.87. The first kappa shape index (κ1) is 15.6. The fourth-order valence-corrected chi connectivity index (χ4v) is 2.17. The van der Waals surface area contributed by atoms with Crippen LogP contribution in [0.15, 0.2) is 30.3 Å². The third-order valence-electron chi connectivity index (χ3n) is 3.32. The molecule has 0 saturated heterocycles. The molecule has 0 spiro atoms. The smallest absolute Gasteiger partial charge is 0.136 e. The molecule has 0 unspecified atom stereocenters. The van der Waals surface area contributed by atoms with Crippen molar-refractivity contribution in [2.75, 3.05) is 0 Å². The van der Waals surface area contributed by atoms with E-state index in [0.29, 0.717) is 23.2 Å². The standard InChI is InChI=1S/C17H18F3N/c1-10(2)21-9-12-8-13(18)5-6-14(12)16-15(19)7-4-11(3)17(16)20/h4-8,10,21H,9H2,1-3H3. The summed E-state index contributed by atoms with van der Waals surface area (Å²) in [6.07, 6.45) is 0. The monoisotopic (exact) mass is 293 g/mol. The van der Waals surface area contributed by atoms with E-state index in [1.807, 2.05) is 13.8 Å². The molecule has 4 heteroatoms. The molecule has 2 aromatic carbocycles. The average molecular weight is 293 g/mol. The second-order valence-corrected chi connectivity index (χ2v) is 5.39. The van der Waals surface area contributed by atoms with Crippen molar-refractivity contribution in [3.05, 3.63) is 58.9 Å². The molecule has 0 amide bonds. The fourth-order valence-electron chi connectivity index (χ4n) is 2.17. The molecule has 2 rings (SSSR count). The summed E-state index contributed by atoms with van der Waals surface area (Å²) in [5.41, 5.74) is 1.17. The second kappa shape index (κ2) is 6.31. The van der Waals surface area contributed by atoms with Crippen molar-refractivity contribution in [1.29, 1.82) is 0 Å². The van der Waals surface area contributed by atoms with Crippen LogP contribution in [-0.4, -0.2) is 6.04 Å². The molecule has 0 heterocycles. The van der Waals surface area contributed by atoms with Gasteiger partial charge in [0.15, 0.2) is 0 Å². The van der Waals surface area contributed by atoms with Gasteiger partial charge in [-0.1, -0.05) is 26.0 Å². The Hall–Kier alpha value is -1.81. The summed E-state index contributed by atoms with van der Waals surface area (Å²) in [5.74, 6) is -1.67. The SMILES string of the molecule is Cc1ccc(F)c(-c2ccc(F)cc2CNC(C)C)c1F. The van der Waals surface area contributed by atoms with E-state index < -0.39 is 17.5 Å². The highest BCUT2D eigenvalue weighted by molar-refractivity contribution is 5.69. The van der Waals surface area contributed by atoms with Crippen molar-refractivity contribution in [3.8, 4) is 11.1 Å². The molecule has 0 atom stereocenters.